The average Bonchev–Trinajstić information content (AvgIpc) is 2.49. The van der Waals surface area contributed by atoms with Crippen molar-refractivity contribution >= 4 is 43.9 Å². The Bertz CT molecular complexity index is 1040. The van der Waals surface area contributed by atoms with Crippen molar-refractivity contribution in [3.63, 3.8) is 0 Å². The lowest BCUT2D eigenvalue weighted by atomic mass is 10.2. The van der Waals surface area contributed by atoms with Gasteiger partial charge in [-0.2, -0.15) is 0 Å². The van der Waals surface area contributed by atoms with Gasteiger partial charge >= 0.3 is 0 Å². The third-order valence-electron chi connectivity index (χ3n) is 3.21. The fourth-order valence-electron chi connectivity index (χ4n) is 2.08. The molecule has 1 heterocycles. The molecule has 0 aliphatic rings. The monoisotopic (exact) mass is 373 g/mol. The van der Waals surface area contributed by atoms with Crippen LogP contribution in [0.1, 0.15) is 0 Å². The molecule has 118 valence electrons. The summed E-state index contributed by atoms with van der Waals surface area (Å²) in [6, 6.07) is 6.79. The van der Waals surface area contributed by atoms with Crippen molar-refractivity contribution in [3.05, 3.63) is 64.3 Å². The van der Waals surface area contributed by atoms with Gasteiger partial charge in [-0.25, -0.2) is 17.2 Å². The van der Waals surface area contributed by atoms with Crippen molar-refractivity contribution in [2.24, 2.45) is 0 Å². The van der Waals surface area contributed by atoms with Crippen LogP contribution in [0.2, 0.25) is 10.0 Å². The van der Waals surface area contributed by atoms with Crippen LogP contribution >= 0.6 is 23.2 Å². The summed E-state index contributed by atoms with van der Waals surface area (Å²) in [5.41, 5.74) is 0.162. The SMILES string of the molecule is O=S(=O)(c1cccc(F)c1)c1cnc2cc(F)c(Cl)cc2c1Cl. The molecule has 0 N–H and O–H groups in total. The van der Waals surface area contributed by atoms with E-state index in [0.717, 1.165) is 24.4 Å². The van der Waals surface area contributed by atoms with Crippen LogP contribution in [0, 0.1) is 11.6 Å². The van der Waals surface area contributed by atoms with Crippen molar-refractivity contribution in [1.82, 2.24) is 4.98 Å². The van der Waals surface area contributed by atoms with Crippen LogP contribution in [0.3, 0.4) is 0 Å². The summed E-state index contributed by atoms with van der Waals surface area (Å²) in [5, 5.41) is -0.168. The minimum atomic E-state index is -4.08. The van der Waals surface area contributed by atoms with E-state index in [4.69, 9.17) is 23.2 Å². The molecule has 3 nitrogen and oxygen atoms in total. The minimum absolute atomic E-state index is 0.152. The van der Waals surface area contributed by atoms with E-state index < -0.39 is 21.5 Å². The zero-order chi connectivity index (χ0) is 16.8. The molecule has 0 amide bonds. The molecular weight excluding hydrogens is 367 g/mol. The first kappa shape index (κ1) is 16.1. The molecule has 0 bridgehead atoms. The van der Waals surface area contributed by atoms with E-state index in [1.807, 2.05) is 0 Å². The Labute approximate surface area is 140 Å². The number of nitrogens with zero attached hydrogens (tertiary/aromatic N) is 1. The molecular formula is C15H7Cl2F2NO2S. The van der Waals surface area contributed by atoms with Gasteiger partial charge in [0.05, 0.1) is 20.5 Å². The smallest absolute Gasteiger partial charge is 0.209 e. The number of benzene rings is 2. The largest absolute Gasteiger partial charge is 0.255 e. The summed E-state index contributed by atoms with van der Waals surface area (Å²) in [7, 11) is -4.08. The molecule has 23 heavy (non-hydrogen) atoms. The Morgan fingerprint density at radius 2 is 1.78 bits per heavy atom. The third kappa shape index (κ3) is 2.78. The minimum Gasteiger partial charge on any atom is -0.255 e. The molecule has 0 unspecified atom stereocenters. The topological polar surface area (TPSA) is 47.0 Å². The van der Waals surface area contributed by atoms with Crippen LogP contribution in [-0.4, -0.2) is 13.4 Å². The van der Waals surface area contributed by atoms with Crippen LogP contribution in [0.4, 0.5) is 8.78 Å². The van der Waals surface area contributed by atoms with Gasteiger partial charge in [-0.3, -0.25) is 4.98 Å². The second kappa shape index (κ2) is 5.70. The molecule has 3 rings (SSSR count). The van der Waals surface area contributed by atoms with Crippen LogP contribution in [0.5, 0.6) is 0 Å². The van der Waals surface area contributed by atoms with Crippen LogP contribution in [-0.2, 0) is 9.84 Å². The number of aromatic nitrogens is 1. The van der Waals surface area contributed by atoms with Crippen LogP contribution in [0.15, 0.2) is 52.4 Å². The van der Waals surface area contributed by atoms with Gasteiger partial charge in [0.2, 0.25) is 9.84 Å². The van der Waals surface area contributed by atoms with E-state index in [1.54, 1.807) is 0 Å². The Hall–Kier alpha value is -1.76. The number of fused-ring (bicyclic) bond motifs is 1. The summed E-state index contributed by atoms with van der Waals surface area (Å²) in [5.74, 6) is -1.38. The number of hydrogen-bond acceptors (Lipinski definition) is 3. The molecule has 0 saturated heterocycles. The van der Waals surface area contributed by atoms with Crippen LogP contribution in [0.25, 0.3) is 10.9 Å². The van der Waals surface area contributed by atoms with Crippen LogP contribution < -0.4 is 0 Å². The van der Waals surface area contributed by atoms with E-state index in [0.29, 0.717) is 0 Å². The molecule has 0 radical (unpaired) electrons. The quantitative estimate of drug-likeness (QED) is 0.656. The summed E-state index contributed by atoms with van der Waals surface area (Å²) < 4.78 is 51.9. The molecule has 0 aliphatic carbocycles. The molecule has 0 fully saturated rings. The predicted molar refractivity (Wildman–Crippen MR) is 83.6 cm³/mol. The zero-order valence-electron chi connectivity index (χ0n) is 11.2. The molecule has 0 aliphatic heterocycles. The highest BCUT2D eigenvalue weighted by Crippen LogP contribution is 2.34. The van der Waals surface area contributed by atoms with E-state index in [9.17, 15) is 17.2 Å². The molecule has 3 aromatic rings. The maximum Gasteiger partial charge on any atom is 0.209 e. The predicted octanol–water partition coefficient (Wildman–Crippen LogP) is 4.65. The number of halogens is 4. The number of sulfone groups is 1. The van der Waals surface area contributed by atoms with Gasteiger partial charge in [0.25, 0.3) is 0 Å². The highest BCUT2D eigenvalue weighted by molar-refractivity contribution is 7.91. The van der Waals surface area contributed by atoms with Gasteiger partial charge in [-0.15, -0.1) is 0 Å². The zero-order valence-corrected chi connectivity index (χ0v) is 13.6. The third-order valence-corrected chi connectivity index (χ3v) is 5.78. The summed E-state index contributed by atoms with van der Waals surface area (Å²) in [6.45, 7) is 0. The van der Waals surface area contributed by atoms with Gasteiger partial charge in [0.1, 0.15) is 16.5 Å². The molecule has 8 heteroatoms. The van der Waals surface area contributed by atoms with Crippen molar-refractivity contribution < 1.29 is 17.2 Å². The highest BCUT2D eigenvalue weighted by atomic mass is 35.5. The lowest BCUT2D eigenvalue weighted by Crippen LogP contribution is -2.04. The van der Waals surface area contributed by atoms with E-state index in [2.05, 4.69) is 4.98 Å². The van der Waals surface area contributed by atoms with Gasteiger partial charge in [0, 0.05) is 17.6 Å². The molecule has 0 spiro atoms. The van der Waals surface area contributed by atoms with Gasteiger partial charge in [-0.05, 0) is 24.3 Å². The maximum atomic E-state index is 13.4. The molecule has 0 atom stereocenters. The standard InChI is InChI=1S/C15H7Cl2F2NO2S/c16-11-5-10-13(6-12(11)19)20-7-14(15(10)17)23(21,22)9-3-1-2-8(18)4-9/h1-7H. The second-order valence-electron chi connectivity index (χ2n) is 4.68. The van der Waals surface area contributed by atoms with Crippen molar-refractivity contribution in [1.29, 1.82) is 0 Å². The fourth-order valence-corrected chi connectivity index (χ4v) is 4.07. The maximum absolute atomic E-state index is 13.4. The fraction of sp³-hybridized carbons (Fsp3) is 0. The Morgan fingerprint density at radius 3 is 2.48 bits per heavy atom. The van der Waals surface area contributed by atoms with Crippen molar-refractivity contribution in [2.45, 2.75) is 9.79 Å². The highest BCUT2D eigenvalue weighted by Gasteiger charge is 2.24. The second-order valence-corrected chi connectivity index (χ2v) is 7.38. The molecule has 0 saturated carbocycles. The van der Waals surface area contributed by atoms with E-state index in [-0.39, 0.29) is 30.7 Å². The Morgan fingerprint density at radius 1 is 1.04 bits per heavy atom. The number of hydrogen-bond donors (Lipinski definition) is 0. The van der Waals surface area contributed by atoms with Gasteiger partial charge < -0.3 is 0 Å². The first-order chi connectivity index (χ1) is 10.8. The van der Waals surface area contributed by atoms with E-state index >= 15 is 0 Å². The first-order valence-corrected chi connectivity index (χ1v) is 8.48. The summed E-state index contributed by atoms with van der Waals surface area (Å²) in [4.78, 5) is 3.34. The summed E-state index contributed by atoms with van der Waals surface area (Å²) >= 11 is 11.8. The lowest BCUT2D eigenvalue weighted by Gasteiger charge is -2.09. The Balaban J connectivity index is 2.28. The van der Waals surface area contributed by atoms with Crippen molar-refractivity contribution in [2.75, 3.05) is 0 Å². The first-order valence-electron chi connectivity index (χ1n) is 6.24. The summed E-state index contributed by atoms with van der Waals surface area (Å²) in [6.07, 6.45) is 1.01. The number of rotatable bonds is 2. The average molecular weight is 374 g/mol. The molecule has 1 aromatic heterocycles. The van der Waals surface area contributed by atoms with E-state index in [1.165, 1.54) is 18.2 Å². The van der Waals surface area contributed by atoms with Gasteiger partial charge in [0.15, 0.2) is 0 Å². The lowest BCUT2D eigenvalue weighted by molar-refractivity contribution is 0.590. The van der Waals surface area contributed by atoms with Crippen molar-refractivity contribution in [3.8, 4) is 0 Å². The van der Waals surface area contributed by atoms with Gasteiger partial charge in [-0.1, -0.05) is 29.3 Å². The number of pyridine rings is 1. The Kier molecular flexibility index (Phi) is 4.00. The molecule has 2 aromatic carbocycles. The normalized spacial score (nSPS) is 11.8.